The van der Waals surface area contributed by atoms with Gasteiger partial charge >= 0.3 is 0 Å². The summed E-state index contributed by atoms with van der Waals surface area (Å²) in [6.45, 7) is 2.82. The molecule has 1 N–H and O–H groups in total. The third kappa shape index (κ3) is 1.66. The molecule has 0 aliphatic carbocycles. The summed E-state index contributed by atoms with van der Waals surface area (Å²) in [5.74, 6) is -0.390. The van der Waals surface area contributed by atoms with Gasteiger partial charge in [-0.15, -0.1) is 0 Å². The van der Waals surface area contributed by atoms with Crippen molar-refractivity contribution < 1.29 is 13.2 Å². The molecule has 1 aliphatic heterocycles. The number of hydrogen-bond donors (Lipinski definition) is 1. The highest BCUT2D eigenvalue weighted by atomic mass is 32.2. The number of carbonyl (C=O) groups excluding carboxylic acids is 1. The third-order valence-electron chi connectivity index (χ3n) is 3.09. The predicted octanol–water partition coefficient (Wildman–Crippen LogP) is 0.574. The maximum absolute atomic E-state index is 11.9. The summed E-state index contributed by atoms with van der Waals surface area (Å²) in [5.41, 5.74) is 1.36. The molecule has 2 rings (SSSR count). The van der Waals surface area contributed by atoms with Crippen LogP contribution in [0.4, 0.5) is 5.69 Å². The number of carbonyl (C=O) groups is 1. The van der Waals surface area contributed by atoms with Gasteiger partial charge in [-0.3, -0.25) is 9.78 Å². The lowest BCUT2D eigenvalue weighted by Crippen LogP contribution is -2.66. The van der Waals surface area contributed by atoms with Crippen LogP contribution >= 0.6 is 0 Å². The highest BCUT2D eigenvalue weighted by Gasteiger charge is 2.60. The van der Waals surface area contributed by atoms with Gasteiger partial charge in [0.25, 0.3) is 15.9 Å². The van der Waals surface area contributed by atoms with E-state index in [1.54, 1.807) is 25.4 Å². The molecule has 0 saturated carbocycles. The highest BCUT2D eigenvalue weighted by molar-refractivity contribution is 7.94. The fourth-order valence-electron chi connectivity index (χ4n) is 1.78. The highest BCUT2D eigenvalue weighted by Crippen LogP contribution is 2.35. The van der Waals surface area contributed by atoms with E-state index in [2.05, 4.69) is 10.3 Å². The first-order chi connectivity index (χ1) is 8.30. The Bertz CT molecular complexity index is 595. The third-order valence-corrected chi connectivity index (χ3v) is 5.43. The number of sulfonamides is 1. The van der Waals surface area contributed by atoms with Gasteiger partial charge in [-0.05, 0) is 26.0 Å². The molecule has 1 fully saturated rings. The SMILES string of the molecule is CNc1ccnc(CN2C(=O)C(C)(C)S2(=O)=O)c1. The molecule has 1 aliphatic rings. The summed E-state index contributed by atoms with van der Waals surface area (Å²) in [5, 5.41) is 2.93. The van der Waals surface area contributed by atoms with Crippen molar-refractivity contribution in [2.45, 2.75) is 25.1 Å². The number of rotatable bonds is 3. The van der Waals surface area contributed by atoms with Gasteiger partial charge in [-0.25, -0.2) is 12.7 Å². The van der Waals surface area contributed by atoms with E-state index in [4.69, 9.17) is 0 Å². The molecule has 0 bridgehead atoms. The molecule has 6 nitrogen and oxygen atoms in total. The van der Waals surface area contributed by atoms with E-state index in [1.165, 1.54) is 13.8 Å². The summed E-state index contributed by atoms with van der Waals surface area (Å²) in [7, 11) is -1.79. The van der Waals surface area contributed by atoms with Crippen molar-refractivity contribution in [3.05, 3.63) is 24.0 Å². The second kappa shape index (κ2) is 3.94. The monoisotopic (exact) mass is 269 g/mol. The molecule has 0 aromatic carbocycles. The van der Waals surface area contributed by atoms with Crippen LogP contribution in [0, 0.1) is 0 Å². The fourth-order valence-corrected chi connectivity index (χ4v) is 3.28. The fraction of sp³-hybridized carbons (Fsp3) is 0.455. The van der Waals surface area contributed by atoms with Gasteiger partial charge in [-0.2, -0.15) is 0 Å². The standard InChI is InChI=1S/C11H15N3O3S/c1-11(2)10(15)14(18(11,16)17)7-9-6-8(12-3)4-5-13-9/h4-6H,7H2,1-3H3,(H,12,13). The lowest BCUT2D eigenvalue weighted by atomic mass is 10.2. The lowest BCUT2D eigenvalue weighted by Gasteiger charge is -2.42. The van der Waals surface area contributed by atoms with E-state index < -0.39 is 14.8 Å². The molecule has 0 unspecified atom stereocenters. The predicted molar refractivity (Wildman–Crippen MR) is 67.3 cm³/mol. The molecular formula is C11H15N3O3S. The molecule has 0 atom stereocenters. The van der Waals surface area contributed by atoms with Gasteiger partial charge in [-0.1, -0.05) is 0 Å². The first-order valence-corrected chi connectivity index (χ1v) is 6.94. The number of anilines is 1. The number of pyridine rings is 1. The van der Waals surface area contributed by atoms with Crippen molar-refractivity contribution in [1.29, 1.82) is 0 Å². The Hall–Kier alpha value is -1.63. The summed E-state index contributed by atoms with van der Waals surface area (Å²) in [6, 6.07) is 3.48. The molecule has 0 spiro atoms. The van der Waals surface area contributed by atoms with E-state index in [0.29, 0.717) is 5.69 Å². The van der Waals surface area contributed by atoms with Crippen molar-refractivity contribution in [2.24, 2.45) is 0 Å². The summed E-state index contributed by atoms with van der Waals surface area (Å²) >= 11 is 0. The van der Waals surface area contributed by atoms with E-state index in [0.717, 1.165) is 9.99 Å². The van der Waals surface area contributed by atoms with Gasteiger partial charge in [0.1, 0.15) is 0 Å². The van der Waals surface area contributed by atoms with Crippen LogP contribution in [-0.4, -0.2) is 35.4 Å². The topological polar surface area (TPSA) is 79.4 Å². The minimum atomic E-state index is -3.54. The molecule has 7 heteroatoms. The van der Waals surface area contributed by atoms with Crippen LogP contribution in [0.25, 0.3) is 0 Å². The minimum Gasteiger partial charge on any atom is -0.388 e. The van der Waals surface area contributed by atoms with Crippen LogP contribution in [0.3, 0.4) is 0 Å². The van der Waals surface area contributed by atoms with Crippen LogP contribution in [0.1, 0.15) is 19.5 Å². The molecule has 18 heavy (non-hydrogen) atoms. The molecular weight excluding hydrogens is 254 g/mol. The van der Waals surface area contributed by atoms with Gasteiger partial charge in [0.2, 0.25) is 0 Å². The molecule has 1 aromatic rings. The van der Waals surface area contributed by atoms with Crippen LogP contribution in [0.2, 0.25) is 0 Å². The molecule has 0 radical (unpaired) electrons. The van der Waals surface area contributed by atoms with Gasteiger partial charge in [0.15, 0.2) is 4.75 Å². The van der Waals surface area contributed by atoms with Crippen molar-refractivity contribution >= 4 is 21.6 Å². The quantitative estimate of drug-likeness (QED) is 0.868. The van der Waals surface area contributed by atoms with Gasteiger partial charge in [0.05, 0.1) is 12.2 Å². The maximum atomic E-state index is 11.9. The summed E-state index contributed by atoms with van der Waals surface area (Å²) < 4.78 is 23.4. The van der Waals surface area contributed by atoms with Crippen LogP contribution in [0.15, 0.2) is 18.3 Å². The molecule has 2 heterocycles. The normalized spacial score (nSPS) is 20.4. The first kappa shape index (κ1) is 12.8. The Kier molecular flexibility index (Phi) is 2.81. The minimum absolute atomic E-state index is 0.0138. The van der Waals surface area contributed by atoms with Crippen molar-refractivity contribution in [3.8, 4) is 0 Å². The van der Waals surface area contributed by atoms with E-state index in [1.807, 2.05) is 0 Å². The second-order valence-electron chi connectivity index (χ2n) is 4.61. The number of hydrogen-bond acceptors (Lipinski definition) is 5. The molecule has 1 aromatic heterocycles. The first-order valence-electron chi connectivity index (χ1n) is 5.50. The van der Waals surface area contributed by atoms with Gasteiger partial charge in [0, 0.05) is 18.9 Å². The Balaban J connectivity index is 2.24. The maximum Gasteiger partial charge on any atom is 0.259 e. The average Bonchev–Trinajstić information content (AvgIpc) is 2.35. The van der Waals surface area contributed by atoms with Crippen molar-refractivity contribution in [2.75, 3.05) is 12.4 Å². The zero-order valence-electron chi connectivity index (χ0n) is 10.5. The van der Waals surface area contributed by atoms with E-state index >= 15 is 0 Å². The van der Waals surface area contributed by atoms with Crippen molar-refractivity contribution in [3.63, 3.8) is 0 Å². The average molecular weight is 269 g/mol. The summed E-state index contributed by atoms with van der Waals surface area (Å²) in [4.78, 5) is 15.8. The molecule has 1 saturated heterocycles. The van der Waals surface area contributed by atoms with E-state index in [9.17, 15) is 13.2 Å². The smallest absolute Gasteiger partial charge is 0.259 e. The zero-order chi connectivity index (χ0) is 13.6. The Labute approximate surface area is 106 Å². The number of nitrogens with zero attached hydrogens (tertiary/aromatic N) is 2. The number of nitrogens with one attached hydrogen (secondary N) is 1. The van der Waals surface area contributed by atoms with Crippen LogP contribution in [-0.2, 0) is 21.4 Å². The molecule has 1 amide bonds. The van der Waals surface area contributed by atoms with E-state index in [-0.39, 0.29) is 12.5 Å². The molecule has 98 valence electrons. The number of amides is 1. The number of aromatic nitrogens is 1. The Morgan fingerprint density at radius 3 is 2.67 bits per heavy atom. The van der Waals surface area contributed by atoms with Crippen LogP contribution < -0.4 is 5.32 Å². The second-order valence-corrected chi connectivity index (χ2v) is 7.02. The largest absolute Gasteiger partial charge is 0.388 e. The Morgan fingerprint density at radius 1 is 1.44 bits per heavy atom. The van der Waals surface area contributed by atoms with Crippen molar-refractivity contribution in [1.82, 2.24) is 9.29 Å². The van der Waals surface area contributed by atoms with Crippen LogP contribution in [0.5, 0.6) is 0 Å². The summed E-state index contributed by atoms with van der Waals surface area (Å²) in [6.07, 6.45) is 1.57. The Morgan fingerprint density at radius 2 is 2.11 bits per heavy atom. The zero-order valence-corrected chi connectivity index (χ0v) is 11.3. The van der Waals surface area contributed by atoms with Gasteiger partial charge < -0.3 is 5.32 Å². The lowest BCUT2D eigenvalue weighted by molar-refractivity contribution is -0.132.